The third-order valence-corrected chi connectivity index (χ3v) is 26.1. The van der Waals surface area contributed by atoms with Crippen molar-refractivity contribution in [1.29, 1.82) is 0 Å². The number of aliphatic hydroxyl groups is 3. The van der Waals surface area contributed by atoms with Crippen molar-refractivity contribution < 1.29 is 146 Å². The van der Waals surface area contributed by atoms with Crippen LogP contribution in [-0.4, -0.2) is 372 Å². The summed E-state index contributed by atoms with van der Waals surface area (Å²) in [5, 5.41) is 99.0. The molecule has 22 amide bonds. The van der Waals surface area contributed by atoms with E-state index in [-0.39, 0.29) is 108 Å². The fourth-order valence-corrected chi connectivity index (χ4v) is 17.3. The first kappa shape index (κ1) is 124. The van der Waals surface area contributed by atoms with Gasteiger partial charge in [-0.25, -0.2) is 0 Å². The maximum Gasteiger partial charge on any atom is 0.303 e. The van der Waals surface area contributed by atoms with Gasteiger partial charge in [-0.05, 0) is 145 Å². The standard InChI is InChI=1S/C96H145N23O30S/c1-10-51(6)77(114-86(140)63(40-53-18-12-11-13-19-53)113-95(149)96(8,9)115-88(142)59(28-31-71(98)124)104-79(133)56(97)48-150)91(145)106-58(30-33-76(130)131)82(136)109-62(41-54-24-26-55(123)27-25-54)85(139)108-61(39-50(4)5)84(138)107-60(38-49(2)3)83(137)105-57(29-32-75(128)129)80(134)101-42-72(125)100-44-74(127)116-34-14-20-67(116)89(143)112-66(47-122)87(141)111-65(46-121)81(135)102-43-73(126)103-52(7)92(146)118-36-16-22-69(118)94(148)119-37-17-23-70(119)93(147)117-35-15-21-68(117)90(144)110-64(45-120)78(99)132/h11-13,18-19,24-27,49-52,56-70,77,120-123,150H,10,14-17,20-23,28-48,97H2,1-9H3,(H2,98,124)(H2,99,132)(H,100,125)(H,101,134)(H,102,135)(H,103,126)(H,104,133)(H,105,137)(H,106,145)(H,107,138)(H,108,139)(H,109,136)(H,110,144)(H,111,141)(H,112,143)(H,113,149)(H,114,140)(H,115,142)(H,128,129)(H,130,131)/t51-,52-,56-,57-,58-,59-,60-,61-,62-,63-,64-,65-,66-,67-,68-,69-,70-,77-/m0/s1. The number of hydrogen-bond acceptors (Lipinski definition) is 30. The number of primary amides is 2. The fourth-order valence-electron chi connectivity index (χ4n) is 17.2. The highest BCUT2D eigenvalue weighted by atomic mass is 32.1. The highest BCUT2D eigenvalue weighted by Gasteiger charge is 2.49. The highest BCUT2D eigenvalue weighted by molar-refractivity contribution is 7.80. The number of carbonyl (C=O) groups excluding carboxylic acids is 22. The molecule has 0 aliphatic carbocycles. The number of aromatic hydroxyl groups is 1. The van der Waals surface area contributed by atoms with Crippen molar-refractivity contribution in [2.45, 2.75) is 293 Å². The Morgan fingerprint density at radius 1 is 0.413 bits per heavy atom. The van der Waals surface area contributed by atoms with Crippen LogP contribution in [0.5, 0.6) is 5.75 Å². The summed E-state index contributed by atoms with van der Waals surface area (Å²) < 4.78 is 0. The van der Waals surface area contributed by atoms with Crippen LogP contribution in [0.4, 0.5) is 0 Å². The Morgan fingerprint density at radius 3 is 1.31 bits per heavy atom. The molecule has 0 unspecified atom stereocenters. The van der Waals surface area contributed by atoms with Gasteiger partial charge in [0.1, 0.15) is 108 Å². The van der Waals surface area contributed by atoms with E-state index >= 15 is 0 Å². The van der Waals surface area contributed by atoms with E-state index in [1.165, 1.54) is 59.7 Å². The number of nitrogens with zero attached hydrogens (tertiary/aromatic N) is 4. The predicted molar refractivity (Wildman–Crippen MR) is 534 cm³/mol. The monoisotopic (exact) mass is 2130 g/mol. The molecule has 4 heterocycles. The Balaban J connectivity index is 1.05. The lowest BCUT2D eigenvalue weighted by Crippen LogP contribution is -2.64. The van der Waals surface area contributed by atoms with Crippen LogP contribution in [0.3, 0.4) is 0 Å². The Hall–Kier alpha value is -14.3. The summed E-state index contributed by atoms with van der Waals surface area (Å²) in [6.07, 6.45) is -2.05. The van der Waals surface area contributed by atoms with Gasteiger partial charge in [-0.15, -0.1) is 0 Å². The molecule has 4 aliphatic rings. The van der Waals surface area contributed by atoms with Crippen LogP contribution in [0, 0.1) is 17.8 Å². The van der Waals surface area contributed by atoms with Crippen LogP contribution < -0.4 is 102 Å². The smallest absolute Gasteiger partial charge is 0.303 e. The van der Waals surface area contributed by atoms with Crippen molar-refractivity contribution in [3.63, 3.8) is 0 Å². The number of carboxylic acid groups (broad SMARTS) is 2. The summed E-state index contributed by atoms with van der Waals surface area (Å²) in [6.45, 7) is 8.67. The number of carbonyl (C=O) groups is 24. The number of phenols is 1. The maximum absolute atomic E-state index is 15.0. The molecule has 0 aromatic heterocycles. The van der Waals surface area contributed by atoms with Gasteiger partial charge in [-0.2, -0.15) is 12.6 Å². The van der Waals surface area contributed by atoms with Crippen LogP contribution in [0.15, 0.2) is 54.6 Å². The average molecular weight is 2130 g/mol. The summed E-state index contributed by atoms with van der Waals surface area (Å²) >= 11 is 4.02. The molecule has 0 saturated carbocycles. The molecule has 54 heteroatoms. The summed E-state index contributed by atoms with van der Waals surface area (Å²) in [5.74, 6) is -25.3. The van der Waals surface area contributed by atoms with E-state index in [0.717, 1.165) is 4.90 Å². The number of thiol groups is 1. The molecule has 0 bridgehead atoms. The van der Waals surface area contributed by atoms with E-state index in [2.05, 4.69) is 97.7 Å². The highest BCUT2D eigenvalue weighted by Crippen LogP contribution is 2.30. The van der Waals surface area contributed by atoms with Crippen LogP contribution in [-0.2, 0) is 128 Å². The molecule has 4 aliphatic heterocycles. The lowest BCUT2D eigenvalue weighted by molar-refractivity contribution is -0.151. The summed E-state index contributed by atoms with van der Waals surface area (Å²) in [7, 11) is 0. The van der Waals surface area contributed by atoms with Crippen molar-refractivity contribution >= 4 is 155 Å². The molecule has 53 nitrogen and oxygen atoms in total. The molecule has 4 saturated heterocycles. The van der Waals surface area contributed by atoms with E-state index in [1.807, 2.05) is 0 Å². The Bertz CT molecular complexity index is 5140. The number of benzene rings is 2. The minimum Gasteiger partial charge on any atom is -0.508 e. The van der Waals surface area contributed by atoms with Gasteiger partial charge in [-0.3, -0.25) is 115 Å². The molecule has 6 rings (SSSR count). The Labute approximate surface area is 871 Å². The van der Waals surface area contributed by atoms with Crippen molar-refractivity contribution in [2.24, 2.45) is 35.0 Å². The van der Waals surface area contributed by atoms with Gasteiger partial charge in [0.2, 0.25) is 130 Å². The zero-order valence-corrected chi connectivity index (χ0v) is 86.3. The van der Waals surface area contributed by atoms with Crippen molar-refractivity contribution in [3.8, 4) is 5.75 Å². The predicted octanol–water partition coefficient (Wildman–Crippen LogP) is -8.92. The molecular formula is C96H145N23O30S. The third-order valence-electron chi connectivity index (χ3n) is 25.7. The number of rotatable bonds is 60. The van der Waals surface area contributed by atoms with Gasteiger partial charge in [0.15, 0.2) is 0 Å². The Morgan fingerprint density at radius 2 is 0.807 bits per heavy atom. The van der Waals surface area contributed by atoms with Crippen LogP contribution in [0.1, 0.15) is 183 Å². The summed E-state index contributed by atoms with van der Waals surface area (Å²) in [6, 6.07) is -11.1. The van der Waals surface area contributed by atoms with E-state index in [0.29, 0.717) is 30.4 Å². The number of amides is 22. The summed E-state index contributed by atoms with van der Waals surface area (Å²) in [4.78, 5) is 333. The quantitative estimate of drug-likeness (QED) is 0.0274. The first-order valence-corrected chi connectivity index (χ1v) is 50.4. The van der Waals surface area contributed by atoms with Gasteiger partial charge in [0, 0.05) is 64.0 Å². The first-order valence-electron chi connectivity index (χ1n) is 49.8. The largest absolute Gasteiger partial charge is 0.508 e. The number of hydrogen-bond donors (Lipinski definition) is 26. The number of aliphatic hydroxyl groups excluding tert-OH is 3. The molecule has 18 atom stereocenters. The maximum atomic E-state index is 15.0. The molecule has 830 valence electrons. The first-order chi connectivity index (χ1) is 70.8. The zero-order valence-electron chi connectivity index (χ0n) is 85.4. The van der Waals surface area contributed by atoms with E-state index in [4.69, 9.17) is 17.2 Å². The molecule has 28 N–H and O–H groups in total. The van der Waals surface area contributed by atoms with Gasteiger partial charge in [0.25, 0.3) is 0 Å². The molecule has 2 aromatic carbocycles. The number of nitrogens with two attached hydrogens (primary N) is 3. The van der Waals surface area contributed by atoms with Crippen molar-refractivity contribution in [3.05, 3.63) is 65.7 Å². The number of nitrogens with one attached hydrogen (secondary N) is 16. The second-order valence-electron chi connectivity index (χ2n) is 38.8. The minimum atomic E-state index is -1.88. The fraction of sp³-hybridized carbons (Fsp3) is 0.625. The number of likely N-dealkylation sites (tertiary alicyclic amines) is 4. The topological polar surface area (TPSA) is 815 Å². The normalized spacial score (nSPS) is 18.2. The van der Waals surface area contributed by atoms with Gasteiger partial charge in [-0.1, -0.05) is 90.4 Å². The lowest BCUT2D eigenvalue weighted by atomic mass is 9.96. The molecule has 4 fully saturated rings. The summed E-state index contributed by atoms with van der Waals surface area (Å²) in [5.41, 5.74) is 15.4. The van der Waals surface area contributed by atoms with Crippen LogP contribution in [0.2, 0.25) is 0 Å². The number of aliphatic carboxylic acids is 2. The molecular weight excluding hydrogens is 1990 g/mol. The van der Waals surface area contributed by atoms with Crippen molar-refractivity contribution in [2.75, 3.05) is 71.4 Å². The second kappa shape index (κ2) is 60.4. The molecule has 150 heavy (non-hydrogen) atoms. The van der Waals surface area contributed by atoms with E-state index < -0.39 is 339 Å². The zero-order chi connectivity index (χ0) is 112. The number of carboxylic acids is 2. The SMILES string of the molecule is CC[C@H](C)[C@H](NC(=O)[C@H](Cc1ccccc1)NC(=O)C(C)(C)NC(=O)[C@H](CCC(N)=O)NC(=O)[C@@H](N)CS)C(=O)N[C@@H](CCC(=O)O)C(=O)N[C@@H](Cc1ccc(O)cc1)C(=O)N[C@@H](CC(C)C)C(=O)N[C@@H](CC(C)C)C(=O)N[C@@H](CCC(=O)O)C(=O)NCC(=O)NCC(=O)N1CCC[C@H]1C(=O)N[C@@H](CO)C(=O)N[C@@H](CO)C(=O)NCC(=O)N[C@@H](C)C(=O)N1CCC[C@H]1C(=O)N1CCC[C@H]1C(=O)N1CCC[C@H]1C(=O)N[C@@H](CO)C(N)=O. The lowest BCUT2D eigenvalue weighted by Gasteiger charge is -2.34. The van der Waals surface area contributed by atoms with Gasteiger partial charge < -0.3 is 153 Å². The van der Waals surface area contributed by atoms with Crippen LogP contribution in [0.25, 0.3) is 0 Å². The van der Waals surface area contributed by atoms with E-state index in [9.17, 15) is 146 Å². The second-order valence-corrected chi connectivity index (χ2v) is 39.2. The average Bonchev–Trinajstić information content (AvgIpc) is 1.63. The minimum absolute atomic E-state index is 0.00659. The molecule has 0 spiro atoms. The third kappa shape index (κ3) is 38.7. The number of phenolic OH excluding ortho intramolecular Hbond substituents is 1. The van der Waals surface area contributed by atoms with Gasteiger partial charge >= 0.3 is 11.9 Å². The van der Waals surface area contributed by atoms with Crippen molar-refractivity contribution in [1.82, 2.24) is 105 Å². The molecule has 2 aromatic rings. The molecule has 0 radical (unpaired) electrons. The van der Waals surface area contributed by atoms with Gasteiger partial charge in [0.05, 0.1) is 45.5 Å². The Kier molecular flexibility index (Phi) is 50.1. The van der Waals surface area contributed by atoms with Crippen LogP contribution >= 0.6 is 12.6 Å². The van der Waals surface area contributed by atoms with E-state index in [1.54, 1.807) is 71.9 Å².